The quantitative estimate of drug-likeness (QED) is 0.484. The van der Waals surface area contributed by atoms with Crippen LogP contribution in [0.1, 0.15) is 24.8 Å². The van der Waals surface area contributed by atoms with Crippen molar-refractivity contribution in [3.8, 4) is 5.75 Å². The fourth-order valence-corrected chi connectivity index (χ4v) is 2.59. The van der Waals surface area contributed by atoms with E-state index < -0.39 is 5.97 Å². The van der Waals surface area contributed by atoms with Crippen LogP contribution in [0.3, 0.4) is 0 Å². The van der Waals surface area contributed by atoms with E-state index in [1.54, 1.807) is 24.3 Å². The van der Waals surface area contributed by atoms with Crippen molar-refractivity contribution in [1.82, 2.24) is 0 Å². The number of hydrogen-bond acceptors (Lipinski definition) is 4. The van der Waals surface area contributed by atoms with E-state index in [0.29, 0.717) is 17.9 Å². The molecule has 0 saturated heterocycles. The molecule has 0 saturated carbocycles. The number of ether oxygens (including phenoxy) is 2. The second-order valence-corrected chi connectivity index (χ2v) is 6.69. The van der Waals surface area contributed by atoms with E-state index in [0.717, 1.165) is 23.7 Å². The largest absolute Gasteiger partial charge is 0.482 e. The van der Waals surface area contributed by atoms with Gasteiger partial charge in [0.1, 0.15) is 5.75 Å². The smallest absolute Gasteiger partial charge is 0.343 e. The number of methoxy groups -OCH3 is 1. The summed E-state index contributed by atoms with van der Waals surface area (Å²) < 4.78 is 10.8. The van der Waals surface area contributed by atoms with Gasteiger partial charge in [-0.05, 0) is 61.2 Å². The Labute approximate surface area is 161 Å². The van der Waals surface area contributed by atoms with Gasteiger partial charge in [0.15, 0.2) is 6.61 Å². The van der Waals surface area contributed by atoms with Gasteiger partial charge >= 0.3 is 5.97 Å². The SMILES string of the molecule is COC(=O)COc1ccc(NC(=O)CCCCc2ccc(Br)cc2)cc1. The third-order valence-corrected chi connectivity index (χ3v) is 4.28. The van der Waals surface area contributed by atoms with Gasteiger partial charge in [-0.3, -0.25) is 4.79 Å². The molecule has 2 rings (SSSR count). The fraction of sp³-hybridized carbons (Fsp3) is 0.300. The van der Waals surface area contributed by atoms with Crippen molar-refractivity contribution in [1.29, 1.82) is 0 Å². The summed E-state index contributed by atoms with van der Waals surface area (Å²) in [6, 6.07) is 15.1. The zero-order valence-corrected chi connectivity index (χ0v) is 16.3. The van der Waals surface area contributed by atoms with Crippen LogP contribution in [0, 0.1) is 0 Å². The Morgan fingerprint density at radius 1 is 1.00 bits per heavy atom. The lowest BCUT2D eigenvalue weighted by atomic mass is 10.1. The number of nitrogens with one attached hydrogen (secondary N) is 1. The molecule has 0 atom stereocenters. The minimum atomic E-state index is -0.439. The van der Waals surface area contributed by atoms with Gasteiger partial charge < -0.3 is 14.8 Å². The second kappa shape index (κ2) is 10.6. The topological polar surface area (TPSA) is 64.6 Å². The Morgan fingerprint density at radius 3 is 2.35 bits per heavy atom. The van der Waals surface area contributed by atoms with Crippen LogP contribution >= 0.6 is 15.9 Å². The highest BCUT2D eigenvalue weighted by atomic mass is 79.9. The lowest BCUT2D eigenvalue weighted by Crippen LogP contribution is -2.13. The minimum Gasteiger partial charge on any atom is -0.482 e. The first-order valence-electron chi connectivity index (χ1n) is 8.41. The van der Waals surface area contributed by atoms with Gasteiger partial charge in [0.25, 0.3) is 0 Å². The highest BCUT2D eigenvalue weighted by molar-refractivity contribution is 9.10. The molecule has 0 aliphatic heterocycles. The summed E-state index contributed by atoms with van der Waals surface area (Å²) >= 11 is 3.42. The lowest BCUT2D eigenvalue weighted by Gasteiger charge is -2.08. The van der Waals surface area contributed by atoms with Crippen molar-refractivity contribution in [2.75, 3.05) is 19.0 Å². The summed E-state index contributed by atoms with van der Waals surface area (Å²) in [4.78, 5) is 23.0. The summed E-state index contributed by atoms with van der Waals surface area (Å²) in [5.74, 6) is 0.0949. The normalized spacial score (nSPS) is 10.2. The summed E-state index contributed by atoms with van der Waals surface area (Å²) in [5.41, 5.74) is 1.98. The van der Waals surface area contributed by atoms with Crippen molar-refractivity contribution in [3.63, 3.8) is 0 Å². The number of benzene rings is 2. The Balaban J connectivity index is 1.67. The molecule has 1 N–H and O–H groups in total. The van der Waals surface area contributed by atoms with Crippen molar-refractivity contribution in [3.05, 3.63) is 58.6 Å². The van der Waals surface area contributed by atoms with Crippen molar-refractivity contribution in [2.45, 2.75) is 25.7 Å². The molecule has 5 nitrogen and oxygen atoms in total. The summed E-state index contributed by atoms with van der Waals surface area (Å²) in [5, 5.41) is 2.86. The molecule has 2 aromatic carbocycles. The minimum absolute atomic E-state index is 0.0102. The number of hydrogen-bond donors (Lipinski definition) is 1. The zero-order chi connectivity index (χ0) is 18.8. The molecule has 1 amide bonds. The monoisotopic (exact) mass is 419 g/mol. The Hall–Kier alpha value is -2.34. The highest BCUT2D eigenvalue weighted by Crippen LogP contribution is 2.17. The first-order valence-corrected chi connectivity index (χ1v) is 9.20. The lowest BCUT2D eigenvalue weighted by molar-refractivity contribution is -0.142. The number of unbranched alkanes of at least 4 members (excludes halogenated alkanes) is 1. The number of amides is 1. The maximum Gasteiger partial charge on any atom is 0.343 e. The Morgan fingerprint density at radius 2 is 1.69 bits per heavy atom. The molecule has 0 heterocycles. The first-order chi connectivity index (χ1) is 12.6. The van der Waals surface area contributed by atoms with Crippen molar-refractivity contribution < 1.29 is 19.1 Å². The van der Waals surface area contributed by atoms with Gasteiger partial charge in [0.05, 0.1) is 7.11 Å². The summed E-state index contributed by atoms with van der Waals surface area (Å²) in [7, 11) is 1.31. The average molecular weight is 420 g/mol. The Kier molecular flexibility index (Phi) is 8.15. The van der Waals surface area contributed by atoms with E-state index in [-0.39, 0.29) is 12.5 Å². The number of aryl methyl sites for hydroxylation is 1. The summed E-state index contributed by atoms with van der Waals surface area (Å²) in [6.45, 7) is -0.138. The van der Waals surface area contributed by atoms with E-state index in [1.807, 2.05) is 12.1 Å². The van der Waals surface area contributed by atoms with E-state index in [2.05, 4.69) is 38.1 Å². The molecule has 0 unspecified atom stereocenters. The van der Waals surface area contributed by atoms with E-state index in [9.17, 15) is 9.59 Å². The Bertz CT molecular complexity index is 714. The third kappa shape index (κ3) is 7.27. The summed E-state index contributed by atoms with van der Waals surface area (Å²) in [6.07, 6.45) is 3.25. The molecule has 0 spiro atoms. The molecular weight excluding hydrogens is 398 g/mol. The number of carbonyl (C=O) groups is 2. The molecule has 138 valence electrons. The maximum absolute atomic E-state index is 12.0. The van der Waals surface area contributed by atoms with Gasteiger partial charge in [-0.1, -0.05) is 28.1 Å². The van der Waals surface area contributed by atoms with E-state index >= 15 is 0 Å². The van der Waals surface area contributed by atoms with Crippen LogP contribution in [-0.4, -0.2) is 25.6 Å². The van der Waals surface area contributed by atoms with E-state index in [4.69, 9.17) is 4.74 Å². The van der Waals surface area contributed by atoms with Crippen LogP contribution in [-0.2, 0) is 20.7 Å². The molecule has 0 aromatic heterocycles. The zero-order valence-electron chi connectivity index (χ0n) is 14.7. The molecule has 0 fully saturated rings. The number of halogens is 1. The van der Waals surface area contributed by atoms with Gasteiger partial charge in [-0.15, -0.1) is 0 Å². The molecule has 0 aliphatic carbocycles. The van der Waals surface area contributed by atoms with Gasteiger partial charge in [0.2, 0.25) is 5.91 Å². The third-order valence-electron chi connectivity index (χ3n) is 3.75. The molecular formula is C20H22BrNO4. The number of esters is 1. The van der Waals surface area contributed by atoms with Crippen LogP contribution in [0.2, 0.25) is 0 Å². The highest BCUT2D eigenvalue weighted by Gasteiger charge is 2.05. The van der Waals surface area contributed by atoms with Crippen LogP contribution in [0.25, 0.3) is 0 Å². The van der Waals surface area contributed by atoms with E-state index in [1.165, 1.54) is 12.7 Å². The molecule has 0 aliphatic rings. The van der Waals surface area contributed by atoms with Gasteiger partial charge in [0, 0.05) is 16.6 Å². The molecule has 26 heavy (non-hydrogen) atoms. The second-order valence-electron chi connectivity index (χ2n) is 5.77. The fourth-order valence-electron chi connectivity index (χ4n) is 2.32. The number of rotatable bonds is 9. The van der Waals surface area contributed by atoms with Crippen LogP contribution in [0.4, 0.5) is 5.69 Å². The van der Waals surface area contributed by atoms with Crippen molar-refractivity contribution in [2.24, 2.45) is 0 Å². The average Bonchev–Trinajstić information content (AvgIpc) is 2.66. The van der Waals surface area contributed by atoms with Crippen LogP contribution in [0.15, 0.2) is 53.0 Å². The standard InChI is InChI=1S/C20H22BrNO4/c1-25-20(24)14-26-18-12-10-17(11-13-18)22-19(23)5-3-2-4-15-6-8-16(21)9-7-15/h6-13H,2-5,14H2,1H3,(H,22,23). The molecule has 2 aromatic rings. The number of carbonyl (C=O) groups excluding carboxylic acids is 2. The maximum atomic E-state index is 12.0. The number of anilines is 1. The first kappa shape index (κ1) is 20.0. The molecule has 0 bridgehead atoms. The van der Waals surface area contributed by atoms with Gasteiger partial charge in [-0.2, -0.15) is 0 Å². The predicted octanol–water partition coefficient (Wildman–Crippen LogP) is 4.35. The van der Waals surface area contributed by atoms with Crippen LogP contribution in [0.5, 0.6) is 5.75 Å². The molecule has 0 radical (unpaired) electrons. The van der Waals surface area contributed by atoms with Gasteiger partial charge in [-0.25, -0.2) is 4.79 Å². The molecule has 6 heteroatoms. The predicted molar refractivity (Wildman–Crippen MR) is 104 cm³/mol. The van der Waals surface area contributed by atoms with Crippen molar-refractivity contribution >= 4 is 33.5 Å². The van der Waals surface area contributed by atoms with Crippen LogP contribution < -0.4 is 10.1 Å².